The summed E-state index contributed by atoms with van der Waals surface area (Å²) in [6.45, 7) is 5.57. The molecule has 3 rings (SSSR count). The topological polar surface area (TPSA) is 49.7 Å². The number of carbonyl (C=O) groups is 2. The molecule has 2 aromatic carbocycles. The van der Waals surface area contributed by atoms with Crippen LogP contribution in [0.15, 0.2) is 65.3 Å². The van der Waals surface area contributed by atoms with Crippen molar-refractivity contribution in [2.75, 3.05) is 10.7 Å². The van der Waals surface area contributed by atoms with Gasteiger partial charge in [-0.15, -0.1) is 0 Å². The van der Waals surface area contributed by atoms with Crippen LogP contribution >= 0.6 is 11.8 Å². The molecule has 0 saturated carbocycles. The molecule has 144 valence electrons. The molecule has 1 aliphatic rings. The molecule has 2 aromatic rings. The number of hydrogen-bond donors (Lipinski definition) is 0. The molecule has 0 unspecified atom stereocenters. The number of rotatable bonds is 4. The number of ketones is 1. The van der Waals surface area contributed by atoms with Gasteiger partial charge in [-0.3, -0.25) is 14.5 Å². The van der Waals surface area contributed by atoms with Crippen LogP contribution in [0.25, 0.3) is 6.08 Å². The zero-order chi connectivity index (χ0) is 20.3. The van der Waals surface area contributed by atoms with E-state index in [0.29, 0.717) is 10.9 Å². The van der Waals surface area contributed by atoms with Gasteiger partial charge < -0.3 is 0 Å². The third-order valence-corrected chi connectivity index (χ3v) is 5.12. The Bertz CT molecular complexity index is 945. The Morgan fingerprint density at radius 2 is 1.75 bits per heavy atom. The van der Waals surface area contributed by atoms with Crippen molar-refractivity contribution >= 4 is 40.4 Å². The predicted octanol–water partition coefficient (Wildman–Crippen LogP) is 4.92. The van der Waals surface area contributed by atoms with E-state index in [9.17, 15) is 14.0 Å². The summed E-state index contributed by atoms with van der Waals surface area (Å²) in [5, 5.41) is 0.413. The van der Waals surface area contributed by atoms with E-state index < -0.39 is 5.41 Å². The maximum Gasteiger partial charge on any atom is 0.283 e. The number of thioether (sulfide) groups is 1. The van der Waals surface area contributed by atoms with E-state index >= 15 is 0 Å². The second-order valence-electron chi connectivity index (χ2n) is 7.41. The van der Waals surface area contributed by atoms with Gasteiger partial charge in [0.15, 0.2) is 5.17 Å². The van der Waals surface area contributed by atoms with Gasteiger partial charge in [-0.05, 0) is 35.9 Å². The molecule has 0 aliphatic carbocycles. The van der Waals surface area contributed by atoms with Crippen molar-refractivity contribution in [3.63, 3.8) is 0 Å². The second-order valence-corrected chi connectivity index (χ2v) is 8.36. The molecule has 0 N–H and O–H groups in total. The number of benzene rings is 2. The normalized spacial score (nSPS) is 15.9. The van der Waals surface area contributed by atoms with E-state index in [1.165, 1.54) is 40.9 Å². The Labute approximate surface area is 168 Å². The molecule has 1 aliphatic heterocycles. The highest BCUT2D eigenvalue weighted by molar-refractivity contribution is 8.14. The van der Waals surface area contributed by atoms with Crippen LogP contribution in [0, 0.1) is 11.2 Å². The van der Waals surface area contributed by atoms with Crippen LogP contribution < -0.4 is 4.90 Å². The van der Waals surface area contributed by atoms with E-state index in [1.54, 1.807) is 6.08 Å². The van der Waals surface area contributed by atoms with E-state index in [0.717, 1.165) is 5.56 Å². The summed E-state index contributed by atoms with van der Waals surface area (Å²) >= 11 is 1.22. The molecule has 0 aromatic heterocycles. The number of Topliss-reactive ketones (excluding diaryl/α,β-unsaturated/α-hetero) is 1. The zero-order valence-electron chi connectivity index (χ0n) is 16.0. The molecule has 1 heterocycles. The van der Waals surface area contributed by atoms with Gasteiger partial charge in [-0.25, -0.2) is 9.38 Å². The minimum atomic E-state index is -0.473. The molecular weight excluding hydrogens is 375 g/mol. The number of hydrogen-bond acceptors (Lipinski definition) is 4. The maximum absolute atomic E-state index is 13.3. The quantitative estimate of drug-likeness (QED) is 0.690. The summed E-state index contributed by atoms with van der Waals surface area (Å²) in [6, 6.07) is 15.1. The summed E-state index contributed by atoms with van der Waals surface area (Å²) in [5.74, 6) is -0.427. The van der Waals surface area contributed by atoms with Crippen molar-refractivity contribution < 1.29 is 14.0 Å². The summed E-state index contributed by atoms with van der Waals surface area (Å²) < 4.78 is 13.3. The molecule has 6 heteroatoms. The van der Waals surface area contributed by atoms with Gasteiger partial charge in [0.05, 0.1) is 11.4 Å². The molecule has 1 amide bonds. The van der Waals surface area contributed by atoms with Gasteiger partial charge in [-0.1, -0.05) is 62.9 Å². The van der Waals surface area contributed by atoms with Crippen LogP contribution in [-0.4, -0.2) is 22.6 Å². The average molecular weight is 396 g/mol. The van der Waals surface area contributed by atoms with Crippen LogP contribution in [0.4, 0.5) is 10.1 Å². The summed E-state index contributed by atoms with van der Waals surface area (Å²) in [6.07, 6.45) is 1.71. The minimum Gasteiger partial charge on any atom is -0.298 e. The lowest BCUT2D eigenvalue weighted by Crippen LogP contribution is -2.31. The molecule has 0 radical (unpaired) electrons. The molecule has 4 nitrogen and oxygen atoms in total. The highest BCUT2D eigenvalue weighted by Crippen LogP contribution is 2.30. The van der Waals surface area contributed by atoms with Crippen LogP contribution in [0.1, 0.15) is 26.3 Å². The molecule has 0 fully saturated rings. The van der Waals surface area contributed by atoms with Gasteiger partial charge in [0, 0.05) is 5.41 Å². The predicted molar refractivity (Wildman–Crippen MR) is 113 cm³/mol. The molecule has 0 bridgehead atoms. The summed E-state index contributed by atoms with van der Waals surface area (Å²) in [7, 11) is 0. The fourth-order valence-corrected chi connectivity index (χ4v) is 3.64. The van der Waals surface area contributed by atoms with E-state index in [1.807, 2.05) is 51.1 Å². The van der Waals surface area contributed by atoms with Crippen LogP contribution in [0.5, 0.6) is 0 Å². The number of halogens is 1. The molecule has 0 spiro atoms. The van der Waals surface area contributed by atoms with E-state index in [-0.39, 0.29) is 29.0 Å². The van der Waals surface area contributed by atoms with Crippen molar-refractivity contribution in [1.82, 2.24) is 0 Å². The van der Waals surface area contributed by atoms with Crippen molar-refractivity contribution in [1.29, 1.82) is 0 Å². The lowest BCUT2D eigenvalue weighted by molar-refractivity contribution is -0.123. The Kier molecular flexibility index (Phi) is 5.79. The number of carbonyl (C=O) groups excluding carboxylic acids is 2. The number of nitrogens with zero attached hydrogens (tertiary/aromatic N) is 2. The monoisotopic (exact) mass is 396 g/mol. The first-order valence-electron chi connectivity index (χ1n) is 8.87. The second kappa shape index (κ2) is 8.10. The standard InChI is InChI=1S/C22H21FN2O2S/c1-22(2,3)19(26)14-28-21-24-18(13-15-7-5-4-6-8-15)20(27)25(21)17-11-9-16(23)10-12-17/h4-13H,14H2,1-3H3. The third kappa shape index (κ3) is 4.57. The number of amides is 1. The van der Waals surface area contributed by atoms with Crippen LogP contribution in [-0.2, 0) is 9.59 Å². The SMILES string of the molecule is CC(C)(C)C(=O)CSC1=NC(=Cc2ccccc2)C(=O)N1c1ccc(F)cc1. The van der Waals surface area contributed by atoms with E-state index in [2.05, 4.69) is 4.99 Å². The first kappa shape index (κ1) is 20.0. The van der Waals surface area contributed by atoms with E-state index in [4.69, 9.17) is 0 Å². The number of amidine groups is 1. The largest absolute Gasteiger partial charge is 0.298 e. The zero-order valence-corrected chi connectivity index (χ0v) is 16.8. The maximum atomic E-state index is 13.3. The minimum absolute atomic E-state index is 0.0622. The molecule has 0 atom stereocenters. The van der Waals surface area contributed by atoms with Gasteiger partial charge >= 0.3 is 0 Å². The van der Waals surface area contributed by atoms with Crippen LogP contribution in [0.3, 0.4) is 0 Å². The van der Waals surface area contributed by atoms with Crippen molar-refractivity contribution in [3.8, 4) is 0 Å². The lowest BCUT2D eigenvalue weighted by atomic mass is 9.92. The Morgan fingerprint density at radius 1 is 1.11 bits per heavy atom. The fourth-order valence-electron chi connectivity index (χ4n) is 2.46. The van der Waals surface area contributed by atoms with Gasteiger partial charge in [0.25, 0.3) is 5.91 Å². The highest BCUT2D eigenvalue weighted by atomic mass is 32.2. The smallest absolute Gasteiger partial charge is 0.283 e. The highest BCUT2D eigenvalue weighted by Gasteiger charge is 2.33. The average Bonchev–Trinajstić information content (AvgIpc) is 2.96. The number of aliphatic imine (C=N–C) groups is 1. The lowest BCUT2D eigenvalue weighted by Gasteiger charge is -2.20. The van der Waals surface area contributed by atoms with Gasteiger partial charge in [-0.2, -0.15) is 0 Å². The summed E-state index contributed by atoms with van der Waals surface area (Å²) in [5.41, 5.74) is 1.17. The molecular formula is C22H21FN2O2S. The van der Waals surface area contributed by atoms with Crippen LogP contribution in [0.2, 0.25) is 0 Å². The Morgan fingerprint density at radius 3 is 2.36 bits per heavy atom. The van der Waals surface area contributed by atoms with Gasteiger partial charge in [0.1, 0.15) is 17.3 Å². The third-order valence-electron chi connectivity index (χ3n) is 4.19. The van der Waals surface area contributed by atoms with Crippen molar-refractivity contribution in [2.24, 2.45) is 10.4 Å². The summed E-state index contributed by atoms with van der Waals surface area (Å²) in [4.78, 5) is 31.2. The number of anilines is 1. The fraction of sp³-hybridized carbons (Fsp3) is 0.227. The van der Waals surface area contributed by atoms with Crippen molar-refractivity contribution in [3.05, 3.63) is 71.7 Å². The Hall–Kier alpha value is -2.73. The van der Waals surface area contributed by atoms with Gasteiger partial charge in [0.2, 0.25) is 0 Å². The first-order chi connectivity index (χ1) is 13.3. The Balaban J connectivity index is 1.93. The van der Waals surface area contributed by atoms with Crippen molar-refractivity contribution in [2.45, 2.75) is 20.8 Å². The molecule has 28 heavy (non-hydrogen) atoms. The molecule has 0 saturated heterocycles. The first-order valence-corrected chi connectivity index (χ1v) is 9.86.